The topological polar surface area (TPSA) is 82.7 Å². The SMILES string of the molecule is COc1cc(C(=O)c2[nH]nc3c(C#C[Si](C)(C)C)c(OC)ccc23)cc(OC)c1OC. The number of nitrogens with one attached hydrogen (secondary N) is 1. The van der Waals surface area contributed by atoms with Crippen LogP contribution in [0.5, 0.6) is 23.0 Å². The number of carbonyl (C=O) groups is 1. The van der Waals surface area contributed by atoms with Gasteiger partial charge in [0.05, 0.1) is 34.0 Å². The minimum Gasteiger partial charge on any atom is -0.495 e. The van der Waals surface area contributed by atoms with Crippen molar-refractivity contribution in [2.75, 3.05) is 28.4 Å². The Morgan fingerprint density at radius 2 is 1.55 bits per heavy atom. The fourth-order valence-electron chi connectivity index (χ4n) is 3.13. The fraction of sp³-hybridized carbons (Fsp3) is 0.304. The quantitative estimate of drug-likeness (QED) is 0.355. The van der Waals surface area contributed by atoms with Crippen molar-refractivity contribution in [3.05, 3.63) is 41.1 Å². The number of ketones is 1. The molecule has 0 aliphatic heterocycles. The van der Waals surface area contributed by atoms with Gasteiger partial charge in [0.25, 0.3) is 0 Å². The van der Waals surface area contributed by atoms with Crippen LogP contribution in [0, 0.1) is 11.5 Å². The summed E-state index contributed by atoms with van der Waals surface area (Å²) in [7, 11) is 4.50. The molecule has 0 saturated carbocycles. The highest BCUT2D eigenvalue weighted by molar-refractivity contribution is 6.83. The predicted octanol–water partition coefficient (Wildman–Crippen LogP) is 4.06. The molecule has 0 saturated heterocycles. The van der Waals surface area contributed by atoms with E-state index in [9.17, 15) is 4.79 Å². The van der Waals surface area contributed by atoms with E-state index >= 15 is 0 Å². The zero-order valence-corrected chi connectivity index (χ0v) is 19.8. The number of ether oxygens (including phenoxy) is 4. The lowest BCUT2D eigenvalue weighted by molar-refractivity contribution is 0.103. The molecule has 0 bridgehead atoms. The Balaban J connectivity index is 2.16. The number of nitrogens with zero attached hydrogens (tertiary/aromatic N) is 1. The summed E-state index contributed by atoms with van der Waals surface area (Å²) in [5.74, 6) is 4.82. The van der Waals surface area contributed by atoms with Crippen molar-refractivity contribution in [3.8, 4) is 34.5 Å². The van der Waals surface area contributed by atoms with Gasteiger partial charge in [0.2, 0.25) is 11.5 Å². The van der Waals surface area contributed by atoms with Gasteiger partial charge in [-0.1, -0.05) is 25.6 Å². The molecule has 0 unspecified atom stereocenters. The number of methoxy groups -OCH3 is 4. The molecule has 0 spiro atoms. The molecule has 7 nitrogen and oxygen atoms in total. The summed E-state index contributed by atoms with van der Waals surface area (Å²) in [6, 6.07) is 6.85. The summed E-state index contributed by atoms with van der Waals surface area (Å²) in [6.07, 6.45) is 0. The highest BCUT2D eigenvalue weighted by Crippen LogP contribution is 2.39. The zero-order chi connectivity index (χ0) is 22.8. The van der Waals surface area contributed by atoms with Crippen molar-refractivity contribution in [3.63, 3.8) is 0 Å². The Labute approximate surface area is 182 Å². The smallest absolute Gasteiger partial charge is 0.211 e. The molecular formula is C23H26N2O5Si. The van der Waals surface area contributed by atoms with Gasteiger partial charge in [-0.05, 0) is 24.3 Å². The third-order valence-electron chi connectivity index (χ3n) is 4.62. The van der Waals surface area contributed by atoms with Crippen LogP contribution in [0.25, 0.3) is 10.9 Å². The first-order valence-corrected chi connectivity index (χ1v) is 13.2. The second-order valence-electron chi connectivity index (χ2n) is 7.88. The maximum Gasteiger partial charge on any atom is 0.211 e. The van der Waals surface area contributed by atoms with Crippen LogP contribution in [0.15, 0.2) is 24.3 Å². The zero-order valence-electron chi connectivity index (χ0n) is 18.8. The monoisotopic (exact) mass is 438 g/mol. The van der Waals surface area contributed by atoms with E-state index < -0.39 is 8.07 Å². The van der Waals surface area contributed by atoms with E-state index in [0.29, 0.717) is 50.7 Å². The fourth-order valence-corrected chi connectivity index (χ4v) is 3.63. The third kappa shape index (κ3) is 4.37. The number of hydrogen-bond donors (Lipinski definition) is 1. The summed E-state index contributed by atoms with van der Waals surface area (Å²) in [6.45, 7) is 6.49. The average molecular weight is 439 g/mol. The Bertz CT molecular complexity index is 1170. The van der Waals surface area contributed by atoms with Gasteiger partial charge in [-0.2, -0.15) is 5.10 Å². The molecule has 0 aliphatic rings. The van der Waals surface area contributed by atoms with Gasteiger partial charge >= 0.3 is 0 Å². The van der Waals surface area contributed by atoms with Gasteiger partial charge in [-0.15, -0.1) is 5.54 Å². The number of aromatic amines is 1. The van der Waals surface area contributed by atoms with Crippen LogP contribution >= 0.6 is 0 Å². The largest absolute Gasteiger partial charge is 0.495 e. The number of aromatic nitrogens is 2. The first-order chi connectivity index (χ1) is 14.7. The summed E-state index contributed by atoms with van der Waals surface area (Å²) in [4.78, 5) is 13.4. The maximum absolute atomic E-state index is 13.4. The van der Waals surface area contributed by atoms with Crippen molar-refractivity contribution < 1.29 is 23.7 Å². The molecule has 31 heavy (non-hydrogen) atoms. The van der Waals surface area contributed by atoms with Gasteiger partial charge in [-0.25, -0.2) is 0 Å². The van der Waals surface area contributed by atoms with E-state index in [2.05, 4.69) is 41.3 Å². The molecule has 1 N–H and O–H groups in total. The second-order valence-corrected chi connectivity index (χ2v) is 12.6. The highest BCUT2D eigenvalue weighted by Gasteiger charge is 2.22. The van der Waals surface area contributed by atoms with Crippen LogP contribution in [-0.4, -0.2) is 52.5 Å². The summed E-state index contributed by atoms with van der Waals surface area (Å²) in [5, 5.41) is 7.94. The van der Waals surface area contributed by atoms with Gasteiger partial charge in [0.15, 0.2) is 11.5 Å². The summed E-state index contributed by atoms with van der Waals surface area (Å²) in [5.41, 5.74) is 5.34. The van der Waals surface area contributed by atoms with Crippen LogP contribution in [0.4, 0.5) is 0 Å². The Hall–Kier alpha value is -3.44. The lowest BCUT2D eigenvalue weighted by atomic mass is 10.0. The average Bonchev–Trinajstić information content (AvgIpc) is 3.19. The van der Waals surface area contributed by atoms with Crippen molar-refractivity contribution in [2.24, 2.45) is 0 Å². The van der Waals surface area contributed by atoms with Crippen LogP contribution in [0.1, 0.15) is 21.6 Å². The molecule has 0 amide bonds. The van der Waals surface area contributed by atoms with Crippen molar-refractivity contribution in [1.29, 1.82) is 0 Å². The Morgan fingerprint density at radius 1 is 0.935 bits per heavy atom. The first-order valence-electron chi connectivity index (χ1n) is 9.67. The minimum atomic E-state index is -1.62. The molecule has 2 aromatic carbocycles. The van der Waals surface area contributed by atoms with Crippen molar-refractivity contribution in [2.45, 2.75) is 19.6 Å². The standard InChI is InChI=1S/C23H26N2O5Si/c1-27-17-9-8-16-20(15(17)10-11-31(5,6)7)24-25-21(16)22(26)14-12-18(28-2)23(30-4)19(13-14)29-3/h8-9,12-13H,1-7H3,(H,24,25). The first kappa shape index (κ1) is 22.2. The summed E-state index contributed by atoms with van der Waals surface area (Å²) < 4.78 is 21.6. The number of hydrogen-bond acceptors (Lipinski definition) is 6. The molecule has 3 aromatic rings. The molecule has 1 aromatic heterocycles. The van der Waals surface area contributed by atoms with E-state index in [1.54, 1.807) is 25.3 Å². The molecular weight excluding hydrogens is 412 g/mol. The molecule has 3 rings (SSSR count). The summed E-state index contributed by atoms with van der Waals surface area (Å²) >= 11 is 0. The van der Waals surface area contributed by atoms with E-state index in [1.807, 2.05) is 6.07 Å². The Morgan fingerprint density at radius 3 is 2.06 bits per heavy atom. The molecule has 0 radical (unpaired) electrons. The normalized spacial score (nSPS) is 10.9. The number of carbonyl (C=O) groups excluding carboxylic acids is 1. The van der Waals surface area contributed by atoms with Crippen molar-refractivity contribution >= 4 is 24.8 Å². The number of fused-ring (bicyclic) bond motifs is 1. The Kier molecular flexibility index (Phi) is 6.27. The number of benzene rings is 2. The lowest BCUT2D eigenvalue weighted by Crippen LogP contribution is -2.16. The molecule has 0 aliphatic carbocycles. The van der Waals surface area contributed by atoms with Gasteiger partial charge in [0.1, 0.15) is 25.0 Å². The molecule has 162 valence electrons. The van der Waals surface area contributed by atoms with Gasteiger partial charge in [-0.3, -0.25) is 9.89 Å². The maximum atomic E-state index is 13.4. The lowest BCUT2D eigenvalue weighted by Gasteiger charge is -2.13. The number of H-pyrrole nitrogens is 1. The number of rotatable bonds is 6. The van der Waals surface area contributed by atoms with E-state index in [-0.39, 0.29) is 5.78 Å². The predicted molar refractivity (Wildman–Crippen MR) is 122 cm³/mol. The molecule has 0 atom stereocenters. The van der Waals surface area contributed by atoms with Crippen LogP contribution in [0.3, 0.4) is 0 Å². The van der Waals surface area contributed by atoms with Crippen LogP contribution in [0.2, 0.25) is 19.6 Å². The third-order valence-corrected chi connectivity index (χ3v) is 5.50. The van der Waals surface area contributed by atoms with E-state index in [4.69, 9.17) is 18.9 Å². The minimum absolute atomic E-state index is 0.254. The van der Waals surface area contributed by atoms with E-state index in [0.717, 1.165) is 0 Å². The van der Waals surface area contributed by atoms with Crippen molar-refractivity contribution in [1.82, 2.24) is 10.2 Å². The van der Waals surface area contributed by atoms with E-state index in [1.165, 1.54) is 21.3 Å². The van der Waals surface area contributed by atoms with Gasteiger partial charge in [0, 0.05) is 10.9 Å². The second kappa shape index (κ2) is 8.74. The van der Waals surface area contributed by atoms with Crippen LogP contribution in [-0.2, 0) is 0 Å². The molecule has 0 fully saturated rings. The van der Waals surface area contributed by atoms with Crippen LogP contribution < -0.4 is 18.9 Å². The molecule has 1 heterocycles. The highest BCUT2D eigenvalue weighted by atomic mass is 28.3. The molecule has 8 heteroatoms. The van der Waals surface area contributed by atoms with Gasteiger partial charge < -0.3 is 18.9 Å².